The predicted octanol–water partition coefficient (Wildman–Crippen LogP) is 2.01. The molecule has 1 atom stereocenters. The van der Waals surface area contributed by atoms with Gasteiger partial charge in [-0.15, -0.1) is 0 Å². The van der Waals surface area contributed by atoms with Crippen molar-refractivity contribution in [3.8, 4) is 0 Å². The second kappa shape index (κ2) is 3.94. The van der Waals surface area contributed by atoms with Gasteiger partial charge in [-0.2, -0.15) is 16.4 Å². The minimum Gasteiger partial charge on any atom is -0.324 e. The van der Waals surface area contributed by atoms with Crippen LogP contribution in [0.3, 0.4) is 0 Å². The Kier molecular flexibility index (Phi) is 2.65. The van der Waals surface area contributed by atoms with Gasteiger partial charge in [0.25, 0.3) is 0 Å². The summed E-state index contributed by atoms with van der Waals surface area (Å²) in [5.74, 6) is 0. The van der Waals surface area contributed by atoms with Crippen LogP contribution < -0.4 is 5.73 Å². The van der Waals surface area contributed by atoms with Crippen LogP contribution in [0.5, 0.6) is 0 Å². The quantitative estimate of drug-likeness (QED) is 0.836. The summed E-state index contributed by atoms with van der Waals surface area (Å²) < 4.78 is 1.92. The van der Waals surface area contributed by atoms with Crippen LogP contribution in [-0.2, 0) is 6.54 Å². The van der Waals surface area contributed by atoms with E-state index in [9.17, 15) is 0 Å². The number of nitrogens with zero attached hydrogens (tertiary/aromatic N) is 2. The molecule has 4 heteroatoms. The fraction of sp³-hybridized carbons (Fsp3) is 0.300. The van der Waals surface area contributed by atoms with Crippen LogP contribution >= 0.6 is 11.3 Å². The van der Waals surface area contributed by atoms with Crippen molar-refractivity contribution in [3.63, 3.8) is 0 Å². The fourth-order valence-electron chi connectivity index (χ4n) is 1.27. The van der Waals surface area contributed by atoms with Gasteiger partial charge in [0.05, 0.1) is 12.7 Å². The Hall–Kier alpha value is -1.13. The van der Waals surface area contributed by atoms with Crippen molar-refractivity contribution < 1.29 is 0 Å². The van der Waals surface area contributed by atoms with E-state index in [4.69, 9.17) is 5.73 Å². The summed E-state index contributed by atoms with van der Waals surface area (Å²) in [5.41, 5.74) is 8.12. The normalized spacial score (nSPS) is 13.0. The van der Waals surface area contributed by atoms with Crippen molar-refractivity contribution in [3.05, 3.63) is 40.3 Å². The van der Waals surface area contributed by atoms with E-state index in [2.05, 4.69) is 21.9 Å². The second-order valence-corrected chi connectivity index (χ2v) is 4.17. The van der Waals surface area contributed by atoms with Gasteiger partial charge in [-0.3, -0.25) is 4.68 Å². The molecule has 0 radical (unpaired) electrons. The van der Waals surface area contributed by atoms with Crippen LogP contribution in [0, 0.1) is 0 Å². The summed E-state index contributed by atoms with van der Waals surface area (Å²) in [4.78, 5) is 0. The van der Waals surface area contributed by atoms with Crippen LogP contribution in [-0.4, -0.2) is 9.78 Å². The lowest BCUT2D eigenvalue weighted by molar-refractivity contribution is 0.686. The Morgan fingerprint density at radius 1 is 1.64 bits per heavy atom. The van der Waals surface area contributed by atoms with Gasteiger partial charge in [-0.1, -0.05) is 0 Å². The van der Waals surface area contributed by atoms with Crippen LogP contribution in [0.25, 0.3) is 0 Å². The zero-order chi connectivity index (χ0) is 9.97. The van der Waals surface area contributed by atoms with Crippen molar-refractivity contribution >= 4 is 11.3 Å². The Labute approximate surface area is 87.2 Å². The van der Waals surface area contributed by atoms with Crippen LogP contribution in [0.15, 0.2) is 29.2 Å². The Bertz CT molecular complexity index is 389. The highest BCUT2D eigenvalue weighted by atomic mass is 32.1. The number of aromatic nitrogens is 2. The minimum atomic E-state index is 0.0613. The molecular weight excluding hydrogens is 194 g/mol. The molecule has 0 aliphatic heterocycles. The molecule has 0 unspecified atom stereocenters. The Morgan fingerprint density at radius 3 is 3.07 bits per heavy atom. The molecule has 0 spiro atoms. The highest BCUT2D eigenvalue weighted by molar-refractivity contribution is 7.07. The van der Waals surface area contributed by atoms with E-state index in [0.717, 1.165) is 12.1 Å². The average Bonchev–Trinajstić information content (AvgIpc) is 2.75. The molecule has 0 aliphatic carbocycles. The maximum absolute atomic E-state index is 5.75. The molecule has 0 aromatic carbocycles. The second-order valence-electron chi connectivity index (χ2n) is 3.39. The molecule has 3 nitrogen and oxygen atoms in total. The third kappa shape index (κ3) is 2.02. The smallest absolute Gasteiger partial charge is 0.0667 e. The van der Waals surface area contributed by atoms with Gasteiger partial charge in [0, 0.05) is 17.8 Å². The van der Waals surface area contributed by atoms with E-state index < -0.39 is 0 Å². The van der Waals surface area contributed by atoms with Crippen LogP contribution in [0.4, 0.5) is 0 Å². The lowest BCUT2D eigenvalue weighted by Gasteiger charge is -1.99. The summed E-state index contributed by atoms with van der Waals surface area (Å²) in [5, 5.41) is 8.46. The lowest BCUT2D eigenvalue weighted by Crippen LogP contribution is -2.03. The molecule has 0 amide bonds. The van der Waals surface area contributed by atoms with Crippen molar-refractivity contribution in [2.45, 2.75) is 19.5 Å². The molecule has 2 aromatic heterocycles. The molecule has 0 aliphatic rings. The molecule has 14 heavy (non-hydrogen) atoms. The molecule has 0 saturated carbocycles. The standard InChI is InChI=1S/C10H13N3S/c1-8(11)10-4-12-13(6-10)5-9-2-3-14-7-9/h2-4,6-8H,5,11H2,1H3/t8-/m0/s1. The fourth-order valence-corrected chi connectivity index (χ4v) is 1.93. The topological polar surface area (TPSA) is 43.8 Å². The minimum absolute atomic E-state index is 0.0613. The summed E-state index contributed by atoms with van der Waals surface area (Å²) in [6.45, 7) is 2.79. The van der Waals surface area contributed by atoms with Gasteiger partial charge in [0.2, 0.25) is 0 Å². The van der Waals surface area contributed by atoms with Crippen molar-refractivity contribution in [1.29, 1.82) is 0 Å². The average molecular weight is 207 g/mol. The number of nitrogens with two attached hydrogens (primary N) is 1. The zero-order valence-corrected chi connectivity index (χ0v) is 8.87. The number of hydrogen-bond donors (Lipinski definition) is 1. The first-order valence-electron chi connectivity index (χ1n) is 4.54. The number of thiophene rings is 1. The van der Waals surface area contributed by atoms with Crippen molar-refractivity contribution in [2.24, 2.45) is 5.73 Å². The van der Waals surface area contributed by atoms with Gasteiger partial charge in [-0.25, -0.2) is 0 Å². The third-order valence-electron chi connectivity index (χ3n) is 2.10. The summed E-state index contributed by atoms with van der Waals surface area (Å²) >= 11 is 1.71. The molecule has 0 saturated heterocycles. The van der Waals surface area contributed by atoms with E-state index in [0.29, 0.717) is 0 Å². The molecule has 0 bridgehead atoms. The van der Waals surface area contributed by atoms with Crippen LogP contribution in [0.1, 0.15) is 24.1 Å². The largest absolute Gasteiger partial charge is 0.324 e. The molecule has 74 valence electrons. The monoisotopic (exact) mass is 207 g/mol. The summed E-state index contributed by atoms with van der Waals surface area (Å²) in [6.07, 6.45) is 3.83. The van der Waals surface area contributed by atoms with E-state index in [1.807, 2.05) is 24.0 Å². The first-order valence-corrected chi connectivity index (χ1v) is 5.49. The highest BCUT2D eigenvalue weighted by Gasteiger charge is 2.03. The van der Waals surface area contributed by atoms with Gasteiger partial charge in [0.1, 0.15) is 0 Å². The summed E-state index contributed by atoms with van der Waals surface area (Å²) in [6, 6.07) is 2.17. The maximum Gasteiger partial charge on any atom is 0.0667 e. The summed E-state index contributed by atoms with van der Waals surface area (Å²) in [7, 11) is 0. The predicted molar refractivity (Wildman–Crippen MR) is 58.3 cm³/mol. The molecule has 2 rings (SSSR count). The van der Waals surface area contributed by atoms with Crippen LogP contribution in [0.2, 0.25) is 0 Å². The maximum atomic E-state index is 5.75. The molecule has 0 fully saturated rings. The highest BCUT2D eigenvalue weighted by Crippen LogP contribution is 2.11. The molecule has 2 N–H and O–H groups in total. The molecule has 2 heterocycles. The zero-order valence-electron chi connectivity index (χ0n) is 8.05. The molecule has 2 aromatic rings. The van der Waals surface area contributed by atoms with Crippen molar-refractivity contribution in [2.75, 3.05) is 0 Å². The first kappa shape index (κ1) is 9.43. The van der Waals surface area contributed by atoms with E-state index >= 15 is 0 Å². The van der Waals surface area contributed by atoms with E-state index in [1.165, 1.54) is 5.56 Å². The van der Waals surface area contributed by atoms with Gasteiger partial charge in [0.15, 0.2) is 0 Å². The molecular formula is C10H13N3S. The van der Waals surface area contributed by atoms with Gasteiger partial charge >= 0.3 is 0 Å². The van der Waals surface area contributed by atoms with E-state index in [-0.39, 0.29) is 6.04 Å². The van der Waals surface area contributed by atoms with Crippen molar-refractivity contribution in [1.82, 2.24) is 9.78 Å². The third-order valence-corrected chi connectivity index (χ3v) is 2.84. The Balaban J connectivity index is 2.11. The van der Waals surface area contributed by atoms with Gasteiger partial charge in [-0.05, 0) is 29.3 Å². The SMILES string of the molecule is C[C@H](N)c1cnn(Cc2ccsc2)c1. The number of rotatable bonds is 3. The van der Waals surface area contributed by atoms with Gasteiger partial charge < -0.3 is 5.73 Å². The lowest BCUT2D eigenvalue weighted by atomic mass is 10.2. The number of hydrogen-bond acceptors (Lipinski definition) is 3. The first-order chi connectivity index (χ1) is 6.75. The van der Waals surface area contributed by atoms with E-state index in [1.54, 1.807) is 11.3 Å². The Morgan fingerprint density at radius 2 is 2.50 bits per heavy atom.